The standard InChI is InChI=1S/C10H11BrFNO3S/c1-7(6-12)10(14)13-17(15,16)9-4-2-8(11)3-5-9/h2-5,7H,6H2,1H3,(H,13,14). The van der Waals surface area contributed by atoms with Gasteiger partial charge in [0, 0.05) is 4.47 Å². The molecule has 1 atom stereocenters. The van der Waals surface area contributed by atoms with E-state index in [2.05, 4.69) is 15.9 Å². The number of nitrogens with one attached hydrogen (secondary N) is 1. The smallest absolute Gasteiger partial charge is 0.264 e. The molecule has 1 N–H and O–H groups in total. The summed E-state index contributed by atoms with van der Waals surface area (Å²) in [6.07, 6.45) is 0. The van der Waals surface area contributed by atoms with E-state index < -0.39 is 28.5 Å². The fourth-order valence-corrected chi connectivity index (χ4v) is 2.32. The molecule has 0 fully saturated rings. The van der Waals surface area contributed by atoms with E-state index in [1.807, 2.05) is 4.72 Å². The van der Waals surface area contributed by atoms with E-state index in [1.165, 1.54) is 31.2 Å². The van der Waals surface area contributed by atoms with E-state index in [0.29, 0.717) is 0 Å². The molecule has 0 aliphatic rings. The Labute approximate surface area is 107 Å². The molecule has 7 heteroatoms. The van der Waals surface area contributed by atoms with Crippen LogP contribution < -0.4 is 4.72 Å². The Kier molecular flexibility index (Phi) is 4.64. The van der Waals surface area contributed by atoms with Gasteiger partial charge in [-0.3, -0.25) is 9.18 Å². The van der Waals surface area contributed by atoms with E-state index in [0.717, 1.165) is 4.47 Å². The summed E-state index contributed by atoms with van der Waals surface area (Å²) in [6, 6.07) is 5.77. The number of halogens is 2. The van der Waals surface area contributed by atoms with Gasteiger partial charge in [-0.05, 0) is 24.3 Å². The largest absolute Gasteiger partial charge is 0.274 e. The fourth-order valence-electron chi connectivity index (χ4n) is 0.976. The first-order chi connectivity index (χ1) is 7.86. The highest BCUT2D eigenvalue weighted by Crippen LogP contribution is 2.14. The summed E-state index contributed by atoms with van der Waals surface area (Å²) in [5, 5.41) is 0. The second-order valence-electron chi connectivity index (χ2n) is 3.48. The summed E-state index contributed by atoms with van der Waals surface area (Å²) in [7, 11) is -3.92. The van der Waals surface area contributed by atoms with Gasteiger partial charge in [-0.1, -0.05) is 22.9 Å². The Morgan fingerprint density at radius 3 is 2.41 bits per heavy atom. The molecule has 1 aromatic rings. The molecule has 0 radical (unpaired) electrons. The number of benzene rings is 1. The highest BCUT2D eigenvalue weighted by molar-refractivity contribution is 9.10. The van der Waals surface area contributed by atoms with Gasteiger partial charge in [-0.15, -0.1) is 0 Å². The lowest BCUT2D eigenvalue weighted by atomic mass is 10.2. The van der Waals surface area contributed by atoms with Crippen molar-refractivity contribution in [3.8, 4) is 0 Å². The molecule has 94 valence electrons. The predicted molar refractivity (Wildman–Crippen MR) is 64.6 cm³/mol. The zero-order chi connectivity index (χ0) is 13.1. The topological polar surface area (TPSA) is 63.2 Å². The second kappa shape index (κ2) is 5.59. The molecular formula is C10H11BrFNO3S. The van der Waals surface area contributed by atoms with Crippen LogP contribution in [0.5, 0.6) is 0 Å². The lowest BCUT2D eigenvalue weighted by molar-refractivity contribution is -0.123. The van der Waals surface area contributed by atoms with Gasteiger partial charge in [0.2, 0.25) is 5.91 Å². The maximum absolute atomic E-state index is 12.2. The van der Waals surface area contributed by atoms with Gasteiger partial charge in [-0.2, -0.15) is 0 Å². The number of hydrogen-bond acceptors (Lipinski definition) is 3. The summed E-state index contributed by atoms with van der Waals surface area (Å²) < 4.78 is 38.2. The molecule has 0 spiro atoms. The minimum absolute atomic E-state index is 0.0416. The third kappa shape index (κ3) is 3.78. The lowest BCUT2D eigenvalue weighted by Gasteiger charge is -2.09. The molecule has 0 saturated heterocycles. The fraction of sp³-hybridized carbons (Fsp3) is 0.300. The second-order valence-corrected chi connectivity index (χ2v) is 6.08. The van der Waals surface area contributed by atoms with Crippen LogP contribution >= 0.6 is 15.9 Å². The molecule has 0 heterocycles. The molecule has 1 amide bonds. The first kappa shape index (κ1) is 14.1. The summed E-state index contributed by atoms with van der Waals surface area (Å²) in [6.45, 7) is 0.411. The van der Waals surface area contributed by atoms with Crippen molar-refractivity contribution in [2.45, 2.75) is 11.8 Å². The Morgan fingerprint density at radius 1 is 1.41 bits per heavy atom. The van der Waals surface area contributed by atoms with Gasteiger partial charge in [0.15, 0.2) is 0 Å². The molecule has 0 saturated carbocycles. The van der Waals surface area contributed by atoms with Crippen LogP contribution in [0.25, 0.3) is 0 Å². The van der Waals surface area contributed by atoms with Crippen LogP contribution in [0.4, 0.5) is 4.39 Å². The van der Waals surface area contributed by atoms with E-state index in [-0.39, 0.29) is 4.90 Å². The third-order valence-corrected chi connectivity index (χ3v) is 3.93. The molecular weight excluding hydrogens is 313 g/mol. The third-order valence-electron chi connectivity index (χ3n) is 2.04. The number of hydrogen-bond donors (Lipinski definition) is 1. The van der Waals surface area contributed by atoms with E-state index >= 15 is 0 Å². The summed E-state index contributed by atoms with van der Waals surface area (Å²) >= 11 is 3.17. The zero-order valence-electron chi connectivity index (χ0n) is 8.98. The van der Waals surface area contributed by atoms with E-state index in [1.54, 1.807) is 0 Å². The Balaban J connectivity index is 2.89. The van der Waals surface area contributed by atoms with E-state index in [4.69, 9.17) is 0 Å². The molecule has 0 aliphatic heterocycles. The normalized spacial score (nSPS) is 13.1. The SMILES string of the molecule is CC(CF)C(=O)NS(=O)(=O)c1ccc(Br)cc1. The van der Waals surface area contributed by atoms with Gasteiger partial charge >= 0.3 is 0 Å². The Morgan fingerprint density at radius 2 is 1.94 bits per heavy atom. The van der Waals surface area contributed by atoms with Crippen molar-refractivity contribution >= 4 is 31.9 Å². The van der Waals surface area contributed by atoms with Crippen molar-refractivity contribution < 1.29 is 17.6 Å². The van der Waals surface area contributed by atoms with Gasteiger partial charge in [0.25, 0.3) is 10.0 Å². The monoisotopic (exact) mass is 323 g/mol. The quantitative estimate of drug-likeness (QED) is 0.919. The van der Waals surface area contributed by atoms with Crippen LogP contribution in [0.15, 0.2) is 33.6 Å². The summed E-state index contributed by atoms with van der Waals surface area (Å²) in [5.74, 6) is -1.84. The van der Waals surface area contributed by atoms with Crippen molar-refractivity contribution in [2.24, 2.45) is 5.92 Å². The Hall–Kier alpha value is -0.950. The highest BCUT2D eigenvalue weighted by atomic mass is 79.9. The van der Waals surface area contributed by atoms with Crippen LogP contribution in [0, 0.1) is 5.92 Å². The van der Waals surface area contributed by atoms with Crippen LogP contribution in [0.1, 0.15) is 6.92 Å². The molecule has 1 aromatic carbocycles. The van der Waals surface area contributed by atoms with Crippen molar-refractivity contribution in [1.82, 2.24) is 4.72 Å². The molecule has 0 bridgehead atoms. The maximum atomic E-state index is 12.2. The van der Waals surface area contributed by atoms with E-state index in [9.17, 15) is 17.6 Å². The lowest BCUT2D eigenvalue weighted by Crippen LogP contribution is -2.35. The average Bonchev–Trinajstić information content (AvgIpc) is 2.27. The number of alkyl halides is 1. The molecule has 1 unspecified atom stereocenters. The maximum Gasteiger partial charge on any atom is 0.264 e. The van der Waals surface area contributed by atoms with Crippen molar-refractivity contribution in [1.29, 1.82) is 0 Å². The molecule has 4 nitrogen and oxygen atoms in total. The first-order valence-corrected chi connectivity index (χ1v) is 7.02. The zero-order valence-corrected chi connectivity index (χ0v) is 11.4. The molecule has 0 aromatic heterocycles. The summed E-state index contributed by atoms with van der Waals surface area (Å²) in [4.78, 5) is 11.2. The molecule has 0 aliphatic carbocycles. The average molecular weight is 324 g/mol. The Bertz CT molecular complexity index is 501. The van der Waals surface area contributed by atoms with Crippen molar-refractivity contribution in [2.75, 3.05) is 6.67 Å². The first-order valence-electron chi connectivity index (χ1n) is 4.75. The molecule has 17 heavy (non-hydrogen) atoms. The number of carbonyl (C=O) groups excluding carboxylic acids is 1. The minimum atomic E-state index is -3.92. The van der Waals surface area contributed by atoms with Crippen LogP contribution in [0.2, 0.25) is 0 Å². The van der Waals surface area contributed by atoms with Gasteiger partial charge in [0.1, 0.15) is 6.67 Å². The van der Waals surface area contributed by atoms with Crippen molar-refractivity contribution in [3.05, 3.63) is 28.7 Å². The van der Waals surface area contributed by atoms with Crippen LogP contribution in [-0.2, 0) is 14.8 Å². The van der Waals surface area contributed by atoms with Gasteiger partial charge in [-0.25, -0.2) is 13.1 Å². The predicted octanol–water partition coefficient (Wildman–Crippen LogP) is 1.86. The summed E-state index contributed by atoms with van der Waals surface area (Å²) in [5.41, 5.74) is 0. The van der Waals surface area contributed by atoms with Gasteiger partial charge in [0.05, 0.1) is 10.8 Å². The van der Waals surface area contributed by atoms with Crippen LogP contribution in [-0.4, -0.2) is 21.0 Å². The van der Waals surface area contributed by atoms with Gasteiger partial charge < -0.3 is 0 Å². The number of amides is 1. The number of carbonyl (C=O) groups is 1. The minimum Gasteiger partial charge on any atom is -0.274 e. The van der Waals surface area contributed by atoms with Crippen molar-refractivity contribution in [3.63, 3.8) is 0 Å². The highest BCUT2D eigenvalue weighted by Gasteiger charge is 2.21. The van der Waals surface area contributed by atoms with Crippen LogP contribution in [0.3, 0.4) is 0 Å². The number of rotatable bonds is 4. The number of sulfonamides is 1. The molecule has 1 rings (SSSR count).